The van der Waals surface area contributed by atoms with E-state index in [1.54, 1.807) is 23.8 Å². The van der Waals surface area contributed by atoms with Crippen LogP contribution in [0.4, 0.5) is 5.69 Å². The number of pyridine rings is 1. The molecule has 2 N–H and O–H groups in total. The highest BCUT2D eigenvalue weighted by Gasteiger charge is 2.60. The van der Waals surface area contributed by atoms with E-state index in [9.17, 15) is 19.2 Å². The molecule has 4 amide bonds. The van der Waals surface area contributed by atoms with Gasteiger partial charge in [-0.05, 0) is 166 Å². The molecule has 2 aromatic carbocycles. The quantitative estimate of drug-likeness (QED) is 0.101. The second-order valence-corrected chi connectivity index (χ2v) is 20.5. The summed E-state index contributed by atoms with van der Waals surface area (Å²) in [6.45, 7) is 9.18. The number of nitrogens with zero attached hydrogens (tertiary/aromatic N) is 3. The van der Waals surface area contributed by atoms with Crippen LogP contribution in [-0.2, 0) is 19.1 Å². The highest BCUT2D eigenvalue weighted by molar-refractivity contribution is 6.25. The lowest BCUT2D eigenvalue weighted by atomic mass is 9.44. The van der Waals surface area contributed by atoms with Crippen LogP contribution in [0.3, 0.4) is 0 Å². The van der Waals surface area contributed by atoms with Crippen LogP contribution in [-0.4, -0.2) is 97.1 Å². The smallest absolute Gasteiger partial charge is 0.264 e. The normalized spacial score (nSPS) is 31.5. The zero-order valence-corrected chi connectivity index (χ0v) is 37.9. The van der Waals surface area contributed by atoms with Crippen molar-refractivity contribution in [2.24, 2.45) is 34.5 Å². The maximum Gasteiger partial charge on any atom is 0.264 e. The van der Waals surface area contributed by atoms with Crippen molar-refractivity contribution < 1.29 is 28.7 Å². The molecule has 1 aromatic heterocycles. The Kier molecular flexibility index (Phi) is 13.1. The van der Waals surface area contributed by atoms with Crippen LogP contribution >= 0.6 is 0 Å². The monoisotopic (exact) mass is 860 g/mol. The van der Waals surface area contributed by atoms with Gasteiger partial charge in [-0.2, -0.15) is 0 Å². The lowest BCUT2D eigenvalue weighted by Crippen LogP contribution is -2.55. The van der Waals surface area contributed by atoms with E-state index in [2.05, 4.69) is 65.7 Å². The molecule has 0 spiro atoms. The van der Waals surface area contributed by atoms with E-state index < -0.39 is 29.7 Å². The van der Waals surface area contributed by atoms with E-state index in [1.165, 1.54) is 94.4 Å². The van der Waals surface area contributed by atoms with Crippen molar-refractivity contribution >= 4 is 40.1 Å². The second kappa shape index (κ2) is 18.7. The number of carbonyl (C=O) groups is 4. The molecule has 5 fully saturated rings. The number of piperidine rings is 1. The van der Waals surface area contributed by atoms with Gasteiger partial charge in [0, 0.05) is 49.1 Å². The molecular weight excluding hydrogens is 791 g/mol. The molecule has 11 nitrogen and oxygen atoms in total. The Bertz CT molecular complexity index is 2180. The summed E-state index contributed by atoms with van der Waals surface area (Å²) in [6, 6.07) is 14.1. The number of ether oxygens (including phenoxy) is 2. The fourth-order valence-corrected chi connectivity index (χ4v) is 13.8. The number of nitrogens with one attached hydrogen (secondary N) is 2. The highest BCUT2D eigenvalue weighted by Crippen LogP contribution is 2.69. The van der Waals surface area contributed by atoms with Crippen molar-refractivity contribution in [3.63, 3.8) is 0 Å². The molecular formula is C52H69N5O6. The molecule has 0 radical (unpaired) electrons. The Hall–Kier alpha value is -4.19. The maximum atomic E-state index is 13.3. The van der Waals surface area contributed by atoms with Crippen LogP contribution in [0.1, 0.15) is 142 Å². The largest absolute Gasteiger partial charge is 0.382 e. The summed E-state index contributed by atoms with van der Waals surface area (Å²) in [7, 11) is 2.38. The highest BCUT2D eigenvalue weighted by atomic mass is 16.5. The molecule has 3 heterocycles. The number of unbranched alkanes of at least 4 members (excludes halogenated alkanes) is 3. The average Bonchev–Trinajstić information content (AvgIpc) is 3.77. The number of anilines is 1. The number of benzene rings is 2. The van der Waals surface area contributed by atoms with Gasteiger partial charge < -0.3 is 19.7 Å². The number of amides is 4. The maximum absolute atomic E-state index is 13.3. The minimum absolute atomic E-state index is 0.0876. The van der Waals surface area contributed by atoms with E-state index in [4.69, 9.17) is 9.47 Å². The van der Waals surface area contributed by atoms with Crippen molar-refractivity contribution in [2.45, 2.75) is 128 Å². The summed E-state index contributed by atoms with van der Waals surface area (Å²) in [5.74, 6) is 2.17. The lowest BCUT2D eigenvalue weighted by molar-refractivity contribution is -0.136. The standard InChI is InChI=1S/C52H69N5O6/c1-51-22-19-38(32-37(51)13-14-39-42-16-15-41(52(42,2)23-20-43(39)51)35-12-11-34-21-24-53-33-36(34)31-35)56(3)26-6-4-5-7-27-62-29-30-63-28-25-54-44-10-8-9-40-47(44)50(61)57(49(40)60)45-17-18-46(58)55-48(45)59/h8-12,21,24,31,33,37-39,41-43,45,54H,4-7,13-20,22-23,25-30,32H2,1-3H3,(H,55,58,59). The lowest BCUT2D eigenvalue weighted by Gasteiger charge is -2.61. The molecule has 63 heavy (non-hydrogen) atoms. The Morgan fingerprint density at radius 1 is 0.810 bits per heavy atom. The molecule has 9 atom stereocenters. The van der Waals surface area contributed by atoms with Gasteiger partial charge in [0.2, 0.25) is 11.8 Å². The predicted molar refractivity (Wildman–Crippen MR) is 244 cm³/mol. The molecule has 11 heteroatoms. The summed E-state index contributed by atoms with van der Waals surface area (Å²) < 4.78 is 11.6. The van der Waals surface area contributed by atoms with Crippen molar-refractivity contribution in [2.75, 3.05) is 51.9 Å². The van der Waals surface area contributed by atoms with E-state index in [0.29, 0.717) is 48.8 Å². The number of rotatable bonds is 17. The molecule has 0 bridgehead atoms. The van der Waals surface area contributed by atoms with Gasteiger partial charge in [-0.15, -0.1) is 0 Å². The van der Waals surface area contributed by atoms with E-state index in [1.807, 2.05) is 12.4 Å². The van der Waals surface area contributed by atoms with E-state index in [-0.39, 0.29) is 24.0 Å². The number of aromatic nitrogens is 1. The fraction of sp³-hybridized carbons (Fsp3) is 0.635. The average molecular weight is 860 g/mol. The van der Waals surface area contributed by atoms with Crippen LogP contribution < -0.4 is 10.6 Å². The molecule has 6 aliphatic rings. The van der Waals surface area contributed by atoms with Crippen LogP contribution in [0.15, 0.2) is 54.9 Å². The third kappa shape index (κ3) is 8.59. The SMILES string of the molecule is CN(CCCCCCOCCOCCNc1cccc2c1C(=O)N(C1CCC(=O)NC1=O)C2=O)C1CCC2(C)C(CCC3C2CCC2(C)C(c4ccc5ccncc5c4)CCC32)C1. The zero-order valence-electron chi connectivity index (χ0n) is 37.9. The van der Waals surface area contributed by atoms with Gasteiger partial charge in [0.05, 0.1) is 30.9 Å². The molecule has 4 saturated carbocycles. The predicted octanol–water partition coefficient (Wildman–Crippen LogP) is 8.77. The first-order valence-corrected chi connectivity index (χ1v) is 24.3. The van der Waals surface area contributed by atoms with E-state index in [0.717, 1.165) is 47.6 Å². The van der Waals surface area contributed by atoms with Gasteiger partial charge in [0.1, 0.15) is 6.04 Å². The second-order valence-electron chi connectivity index (χ2n) is 20.5. The van der Waals surface area contributed by atoms with E-state index >= 15 is 0 Å². The van der Waals surface area contributed by atoms with Crippen LogP contribution in [0.25, 0.3) is 10.8 Å². The summed E-state index contributed by atoms with van der Waals surface area (Å²) in [5, 5.41) is 8.04. The van der Waals surface area contributed by atoms with Crippen LogP contribution in [0, 0.1) is 34.5 Å². The number of hydrogen-bond acceptors (Lipinski definition) is 9. The summed E-state index contributed by atoms with van der Waals surface area (Å²) in [5.41, 5.74) is 3.52. The van der Waals surface area contributed by atoms with Crippen molar-refractivity contribution in [1.29, 1.82) is 0 Å². The Balaban J connectivity index is 0.634. The van der Waals surface area contributed by atoms with Gasteiger partial charge in [0.15, 0.2) is 0 Å². The minimum atomic E-state index is -0.987. The molecule has 2 aliphatic heterocycles. The minimum Gasteiger partial charge on any atom is -0.382 e. The molecule has 9 rings (SSSR count). The summed E-state index contributed by atoms with van der Waals surface area (Å²) in [4.78, 5) is 58.5. The van der Waals surface area contributed by atoms with Crippen molar-refractivity contribution in [3.8, 4) is 0 Å². The number of imide groups is 2. The fourth-order valence-electron chi connectivity index (χ4n) is 13.8. The number of fused-ring (bicyclic) bond motifs is 7. The first-order valence-electron chi connectivity index (χ1n) is 24.3. The first-order chi connectivity index (χ1) is 30.6. The Labute approximate surface area is 373 Å². The van der Waals surface area contributed by atoms with Crippen molar-refractivity contribution in [3.05, 3.63) is 71.5 Å². The van der Waals surface area contributed by atoms with Crippen LogP contribution in [0.5, 0.6) is 0 Å². The molecule has 9 unspecified atom stereocenters. The van der Waals surface area contributed by atoms with Crippen LogP contribution in [0.2, 0.25) is 0 Å². The molecule has 1 saturated heterocycles. The third-order valence-electron chi connectivity index (χ3n) is 17.3. The zero-order chi connectivity index (χ0) is 43.7. The Morgan fingerprint density at radius 3 is 2.48 bits per heavy atom. The third-order valence-corrected chi connectivity index (χ3v) is 17.3. The van der Waals surface area contributed by atoms with Gasteiger partial charge in [-0.3, -0.25) is 34.4 Å². The van der Waals surface area contributed by atoms with Gasteiger partial charge in [0.25, 0.3) is 11.8 Å². The number of hydrogen-bond donors (Lipinski definition) is 2. The van der Waals surface area contributed by atoms with Gasteiger partial charge in [-0.1, -0.05) is 44.9 Å². The summed E-state index contributed by atoms with van der Waals surface area (Å²) >= 11 is 0. The molecule has 3 aromatic rings. The number of carbonyl (C=O) groups excluding carboxylic acids is 4. The molecule has 4 aliphatic carbocycles. The Morgan fingerprint density at radius 2 is 1.62 bits per heavy atom. The molecule has 338 valence electrons. The summed E-state index contributed by atoms with van der Waals surface area (Å²) in [6.07, 6.45) is 21.5. The van der Waals surface area contributed by atoms with Gasteiger partial charge >= 0.3 is 0 Å². The first kappa shape index (κ1) is 44.0. The topological polar surface area (TPSA) is 130 Å². The van der Waals surface area contributed by atoms with Gasteiger partial charge in [-0.25, -0.2) is 0 Å². The van der Waals surface area contributed by atoms with Crippen molar-refractivity contribution in [1.82, 2.24) is 20.1 Å².